The highest BCUT2D eigenvalue weighted by atomic mass is 79.9. The zero-order valence-electron chi connectivity index (χ0n) is 15.8. The lowest BCUT2D eigenvalue weighted by Gasteiger charge is -2.13. The van der Waals surface area contributed by atoms with Gasteiger partial charge in [0.05, 0.1) is 12.8 Å². The highest BCUT2D eigenvalue weighted by Gasteiger charge is 2.24. The van der Waals surface area contributed by atoms with E-state index in [1.165, 1.54) is 13.2 Å². The smallest absolute Gasteiger partial charge is 0.342 e. The molecule has 0 unspecified atom stereocenters. The molecule has 0 amide bonds. The number of anilines is 1. The highest BCUT2D eigenvalue weighted by molar-refractivity contribution is 9.11. The SMILES string of the molecule is COC(=O)c1c(C)oc2c1cc(NS(=O)(=O)c1cc(Br)ccc1Br)c1ccccc12. The van der Waals surface area contributed by atoms with Crippen molar-refractivity contribution in [3.8, 4) is 0 Å². The Kier molecular flexibility index (Phi) is 5.37. The molecule has 4 aromatic rings. The fourth-order valence-corrected chi connectivity index (χ4v) is 5.93. The lowest BCUT2D eigenvalue weighted by Crippen LogP contribution is -2.14. The van der Waals surface area contributed by atoms with Gasteiger partial charge < -0.3 is 9.15 Å². The molecule has 0 atom stereocenters. The molecule has 0 saturated carbocycles. The number of fused-ring (bicyclic) bond motifs is 3. The number of furan rings is 1. The quantitative estimate of drug-likeness (QED) is 0.313. The Labute approximate surface area is 189 Å². The van der Waals surface area contributed by atoms with E-state index in [1.807, 2.05) is 12.1 Å². The molecule has 0 aliphatic heterocycles. The van der Waals surface area contributed by atoms with E-state index in [0.717, 1.165) is 0 Å². The van der Waals surface area contributed by atoms with Crippen molar-refractivity contribution in [1.29, 1.82) is 0 Å². The van der Waals surface area contributed by atoms with Crippen LogP contribution < -0.4 is 4.72 Å². The van der Waals surface area contributed by atoms with Gasteiger partial charge in [-0.3, -0.25) is 4.72 Å². The summed E-state index contributed by atoms with van der Waals surface area (Å²) < 4.78 is 40.8. The van der Waals surface area contributed by atoms with Crippen molar-refractivity contribution in [3.63, 3.8) is 0 Å². The summed E-state index contributed by atoms with van der Waals surface area (Å²) in [5.41, 5.74) is 1.09. The number of sulfonamides is 1. The van der Waals surface area contributed by atoms with Gasteiger partial charge >= 0.3 is 5.97 Å². The fourth-order valence-electron chi connectivity index (χ4n) is 3.36. The molecule has 0 fully saturated rings. The van der Waals surface area contributed by atoms with Gasteiger partial charge in [0.15, 0.2) is 0 Å². The van der Waals surface area contributed by atoms with E-state index in [4.69, 9.17) is 9.15 Å². The first-order chi connectivity index (χ1) is 14.2. The molecule has 1 aromatic heterocycles. The lowest BCUT2D eigenvalue weighted by molar-refractivity contribution is 0.0600. The first-order valence-electron chi connectivity index (χ1n) is 8.74. The second-order valence-electron chi connectivity index (χ2n) is 6.55. The highest BCUT2D eigenvalue weighted by Crippen LogP contribution is 2.38. The van der Waals surface area contributed by atoms with Crippen LogP contribution in [0, 0.1) is 6.92 Å². The predicted molar refractivity (Wildman–Crippen MR) is 122 cm³/mol. The Balaban J connectivity index is 1.98. The Bertz CT molecular complexity index is 1430. The van der Waals surface area contributed by atoms with E-state index < -0.39 is 16.0 Å². The molecular weight excluding hydrogens is 538 g/mol. The van der Waals surface area contributed by atoms with Crippen LogP contribution in [0.15, 0.2) is 66.8 Å². The topological polar surface area (TPSA) is 85.6 Å². The first kappa shape index (κ1) is 20.9. The molecule has 0 radical (unpaired) electrons. The minimum atomic E-state index is -3.93. The number of benzene rings is 3. The molecule has 1 heterocycles. The van der Waals surface area contributed by atoms with Crippen LogP contribution in [-0.2, 0) is 14.8 Å². The lowest BCUT2D eigenvalue weighted by atomic mass is 10.0. The Morgan fingerprint density at radius 3 is 2.43 bits per heavy atom. The number of carbonyl (C=O) groups excluding carboxylic acids is 1. The van der Waals surface area contributed by atoms with Crippen LogP contribution in [0.1, 0.15) is 16.1 Å². The summed E-state index contributed by atoms with van der Waals surface area (Å²) in [7, 11) is -2.64. The third-order valence-electron chi connectivity index (χ3n) is 4.69. The monoisotopic (exact) mass is 551 g/mol. The number of rotatable bonds is 4. The van der Waals surface area contributed by atoms with Gasteiger partial charge in [0.1, 0.15) is 21.8 Å². The van der Waals surface area contributed by atoms with Gasteiger partial charge in [-0.15, -0.1) is 0 Å². The minimum absolute atomic E-state index is 0.0811. The second-order valence-corrected chi connectivity index (χ2v) is 9.97. The summed E-state index contributed by atoms with van der Waals surface area (Å²) in [6.07, 6.45) is 0. The standard InChI is InChI=1S/C21H15Br2NO5S/c1-11-19(21(25)28-2)15-10-17(13-5-3-4-6-14(13)20(15)29-11)24-30(26,27)18-9-12(22)7-8-16(18)23/h3-10,24H,1-2H3. The van der Waals surface area contributed by atoms with Gasteiger partial charge in [-0.2, -0.15) is 0 Å². The average molecular weight is 553 g/mol. The molecule has 9 heteroatoms. The van der Waals surface area contributed by atoms with Crippen LogP contribution in [0.4, 0.5) is 5.69 Å². The van der Waals surface area contributed by atoms with Crippen LogP contribution >= 0.6 is 31.9 Å². The number of hydrogen-bond acceptors (Lipinski definition) is 5. The number of nitrogens with one attached hydrogen (secondary N) is 1. The van der Waals surface area contributed by atoms with E-state index >= 15 is 0 Å². The maximum absolute atomic E-state index is 13.2. The van der Waals surface area contributed by atoms with Gasteiger partial charge in [0.25, 0.3) is 10.0 Å². The zero-order chi connectivity index (χ0) is 21.6. The molecular formula is C21H15Br2NO5S. The van der Waals surface area contributed by atoms with Crippen LogP contribution in [0.5, 0.6) is 0 Å². The third-order valence-corrected chi connectivity index (χ3v) is 7.54. The van der Waals surface area contributed by atoms with E-state index in [-0.39, 0.29) is 10.5 Å². The minimum Gasteiger partial charge on any atom is -0.465 e. The Morgan fingerprint density at radius 2 is 1.73 bits per heavy atom. The maximum atomic E-state index is 13.2. The van der Waals surface area contributed by atoms with Crippen LogP contribution in [0.25, 0.3) is 21.7 Å². The molecule has 1 N–H and O–H groups in total. The number of hydrogen-bond donors (Lipinski definition) is 1. The first-order valence-corrected chi connectivity index (χ1v) is 11.8. The third kappa shape index (κ3) is 3.51. The fraction of sp³-hybridized carbons (Fsp3) is 0.0952. The van der Waals surface area contributed by atoms with Crippen LogP contribution in [0.2, 0.25) is 0 Å². The van der Waals surface area contributed by atoms with Crippen molar-refractivity contribution in [3.05, 3.63) is 68.8 Å². The number of methoxy groups -OCH3 is 1. The van der Waals surface area contributed by atoms with Gasteiger partial charge in [-0.05, 0) is 47.1 Å². The number of carbonyl (C=O) groups is 1. The summed E-state index contributed by atoms with van der Waals surface area (Å²) in [5, 5.41) is 1.80. The molecule has 3 aromatic carbocycles. The molecule has 30 heavy (non-hydrogen) atoms. The summed E-state index contributed by atoms with van der Waals surface area (Å²) in [6, 6.07) is 13.7. The van der Waals surface area contributed by atoms with Crippen molar-refractivity contribution in [2.75, 3.05) is 11.8 Å². The Morgan fingerprint density at radius 1 is 1.03 bits per heavy atom. The molecule has 4 rings (SSSR count). The zero-order valence-corrected chi connectivity index (χ0v) is 19.8. The number of ether oxygens (including phenoxy) is 1. The Hall–Kier alpha value is -2.36. The largest absolute Gasteiger partial charge is 0.465 e. The number of esters is 1. The molecule has 0 saturated heterocycles. The molecule has 0 aliphatic carbocycles. The second kappa shape index (κ2) is 7.72. The van der Waals surface area contributed by atoms with E-state index in [9.17, 15) is 13.2 Å². The summed E-state index contributed by atoms with van der Waals surface area (Å²) >= 11 is 6.60. The van der Waals surface area contributed by atoms with Crippen molar-refractivity contribution >= 4 is 75.3 Å². The number of aryl methyl sites for hydroxylation is 1. The average Bonchev–Trinajstić information content (AvgIpc) is 3.05. The predicted octanol–water partition coefficient (Wildman–Crippen LogP) is 6.01. The van der Waals surface area contributed by atoms with Gasteiger partial charge in [0.2, 0.25) is 0 Å². The van der Waals surface area contributed by atoms with Crippen LogP contribution in [-0.4, -0.2) is 21.5 Å². The number of halogens is 2. The molecule has 0 bridgehead atoms. The van der Waals surface area contributed by atoms with E-state index in [1.54, 1.807) is 37.3 Å². The molecule has 0 spiro atoms. The van der Waals surface area contributed by atoms with Crippen molar-refractivity contribution in [2.45, 2.75) is 11.8 Å². The van der Waals surface area contributed by atoms with Crippen LogP contribution in [0.3, 0.4) is 0 Å². The van der Waals surface area contributed by atoms with Gasteiger partial charge in [-0.1, -0.05) is 40.2 Å². The summed E-state index contributed by atoms with van der Waals surface area (Å²) in [6.45, 7) is 1.67. The molecule has 0 aliphatic rings. The van der Waals surface area contributed by atoms with Crippen molar-refractivity contribution in [1.82, 2.24) is 0 Å². The van der Waals surface area contributed by atoms with E-state index in [2.05, 4.69) is 36.6 Å². The summed E-state index contributed by atoms with van der Waals surface area (Å²) in [4.78, 5) is 12.4. The van der Waals surface area contributed by atoms with E-state index in [0.29, 0.717) is 42.1 Å². The normalized spacial score (nSPS) is 11.7. The maximum Gasteiger partial charge on any atom is 0.342 e. The van der Waals surface area contributed by atoms with Gasteiger partial charge in [-0.25, -0.2) is 13.2 Å². The van der Waals surface area contributed by atoms with Gasteiger partial charge in [0, 0.05) is 25.1 Å². The molecule has 6 nitrogen and oxygen atoms in total. The summed E-state index contributed by atoms with van der Waals surface area (Å²) in [5.74, 6) is -0.151. The molecule has 154 valence electrons. The van der Waals surface area contributed by atoms with Crippen molar-refractivity contribution in [2.24, 2.45) is 0 Å². The van der Waals surface area contributed by atoms with Crippen molar-refractivity contribution < 1.29 is 22.4 Å².